The molecule has 1 aromatic carbocycles. The lowest BCUT2D eigenvalue weighted by atomic mass is 10.2. The fourth-order valence-corrected chi connectivity index (χ4v) is 2.04. The Morgan fingerprint density at radius 1 is 1.43 bits per heavy atom. The Morgan fingerprint density at radius 3 is 2.91 bits per heavy atom. The topological polar surface area (TPSA) is 64.4 Å². The average Bonchev–Trinajstić information content (AvgIpc) is 2.85. The maximum absolute atomic E-state index is 13.3. The summed E-state index contributed by atoms with van der Waals surface area (Å²) in [7, 11) is 0. The third-order valence-electron chi connectivity index (χ3n) is 3.17. The number of nitrogens with one attached hydrogen (secondary N) is 1. The van der Waals surface area contributed by atoms with E-state index < -0.39 is 0 Å². The van der Waals surface area contributed by atoms with E-state index in [0.717, 1.165) is 0 Å². The van der Waals surface area contributed by atoms with E-state index in [9.17, 15) is 9.18 Å². The smallest absolute Gasteiger partial charge is 0.226 e. The van der Waals surface area contributed by atoms with Crippen LogP contribution in [-0.4, -0.2) is 30.1 Å². The van der Waals surface area contributed by atoms with Crippen LogP contribution < -0.4 is 5.32 Å². The fourth-order valence-electron chi connectivity index (χ4n) is 2.04. The van der Waals surface area contributed by atoms with E-state index in [2.05, 4.69) is 10.3 Å². The Labute approximate surface area is 134 Å². The highest BCUT2D eigenvalue weighted by Crippen LogP contribution is 2.22. The molecule has 0 fully saturated rings. The van der Waals surface area contributed by atoms with E-state index in [-0.39, 0.29) is 24.2 Å². The van der Waals surface area contributed by atoms with Gasteiger partial charge in [0.2, 0.25) is 11.8 Å². The van der Waals surface area contributed by atoms with Crippen LogP contribution >= 0.6 is 0 Å². The van der Waals surface area contributed by atoms with Gasteiger partial charge in [0.05, 0.1) is 24.8 Å². The first-order valence-electron chi connectivity index (χ1n) is 7.56. The number of aryl methyl sites for hydroxylation is 1. The molecule has 0 radical (unpaired) electrons. The molecule has 0 saturated carbocycles. The van der Waals surface area contributed by atoms with Crippen LogP contribution in [0.3, 0.4) is 0 Å². The van der Waals surface area contributed by atoms with E-state index in [1.807, 2.05) is 13.8 Å². The van der Waals surface area contributed by atoms with Crippen LogP contribution in [0.1, 0.15) is 25.3 Å². The van der Waals surface area contributed by atoms with E-state index in [1.165, 1.54) is 12.1 Å². The number of carbonyl (C=O) groups is 1. The molecule has 124 valence electrons. The summed E-state index contributed by atoms with van der Waals surface area (Å²) in [6, 6.07) is 6.00. The fraction of sp³-hybridized carbons (Fsp3) is 0.412. The molecule has 1 aromatic heterocycles. The number of hydrogen-bond acceptors (Lipinski definition) is 4. The second-order valence-electron chi connectivity index (χ2n) is 5.48. The maximum Gasteiger partial charge on any atom is 0.226 e. The highest BCUT2D eigenvalue weighted by Gasteiger charge is 2.14. The average molecular weight is 320 g/mol. The molecular weight excluding hydrogens is 299 g/mol. The second-order valence-corrected chi connectivity index (χ2v) is 5.48. The van der Waals surface area contributed by atoms with Gasteiger partial charge in [-0.05, 0) is 39.0 Å². The van der Waals surface area contributed by atoms with Crippen molar-refractivity contribution in [1.82, 2.24) is 10.3 Å². The standard InChI is InChI=1S/C17H21FN2O3/c1-11(2)22-8-7-19-16(21)10-15-12(3)23-17(20-15)13-5-4-6-14(18)9-13/h4-6,9,11H,7-8,10H2,1-3H3,(H,19,21). The van der Waals surface area contributed by atoms with Crippen molar-refractivity contribution in [3.8, 4) is 11.5 Å². The molecule has 0 aliphatic heterocycles. The van der Waals surface area contributed by atoms with E-state index in [1.54, 1.807) is 19.1 Å². The lowest BCUT2D eigenvalue weighted by molar-refractivity contribution is -0.120. The van der Waals surface area contributed by atoms with Crippen LogP contribution in [0.25, 0.3) is 11.5 Å². The second kappa shape index (κ2) is 7.87. The van der Waals surface area contributed by atoms with Crippen LogP contribution in [-0.2, 0) is 16.0 Å². The molecule has 0 spiro atoms. The van der Waals surface area contributed by atoms with Crippen LogP contribution in [0.4, 0.5) is 4.39 Å². The molecule has 1 N–H and O–H groups in total. The van der Waals surface area contributed by atoms with Gasteiger partial charge in [0, 0.05) is 12.1 Å². The number of ether oxygens (including phenoxy) is 1. The Bertz CT molecular complexity index is 668. The molecule has 0 saturated heterocycles. The maximum atomic E-state index is 13.3. The minimum absolute atomic E-state index is 0.117. The summed E-state index contributed by atoms with van der Waals surface area (Å²) in [5, 5.41) is 2.77. The van der Waals surface area contributed by atoms with Crippen molar-refractivity contribution in [2.75, 3.05) is 13.2 Å². The molecule has 1 heterocycles. The van der Waals surface area contributed by atoms with Gasteiger partial charge in [-0.2, -0.15) is 0 Å². The van der Waals surface area contributed by atoms with E-state index in [4.69, 9.17) is 9.15 Å². The third kappa shape index (κ3) is 5.17. The SMILES string of the molecule is Cc1oc(-c2cccc(F)c2)nc1CC(=O)NCCOC(C)C. The van der Waals surface area contributed by atoms with Crippen molar-refractivity contribution in [2.45, 2.75) is 33.3 Å². The Kier molecular flexibility index (Phi) is 5.87. The molecule has 1 amide bonds. The summed E-state index contributed by atoms with van der Waals surface area (Å²) >= 11 is 0. The quantitative estimate of drug-likeness (QED) is 0.797. The number of halogens is 1. The van der Waals surface area contributed by atoms with Crippen molar-refractivity contribution < 1.29 is 18.3 Å². The van der Waals surface area contributed by atoms with Crippen LogP contribution in [0.15, 0.2) is 28.7 Å². The zero-order chi connectivity index (χ0) is 16.8. The molecule has 23 heavy (non-hydrogen) atoms. The van der Waals surface area contributed by atoms with Crippen LogP contribution in [0, 0.1) is 12.7 Å². The predicted octanol–water partition coefficient (Wildman–Crippen LogP) is 2.87. The number of oxazole rings is 1. The monoisotopic (exact) mass is 320 g/mol. The molecule has 0 unspecified atom stereocenters. The summed E-state index contributed by atoms with van der Waals surface area (Å²) in [5.41, 5.74) is 1.09. The minimum Gasteiger partial charge on any atom is -0.441 e. The van der Waals surface area contributed by atoms with Gasteiger partial charge < -0.3 is 14.5 Å². The molecule has 0 aliphatic rings. The van der Waals surface area contributed by atoms with Crippen molar-refractivity contribution in [1.29, 1.82) is 0 Å². The normalized spacial score (nSPS) is 11.0. The van der Waals surface area contributed by atoms with Crippen molar-refractivity contribution >= 4 is 5.91 Å². The van der Waals surface area contributed by atoms with Gasteiger partial charge in [-0.3, -0.25) is 4.79 Å². The number of amides is 1. The Morgan fingerprint density at radius 2 is 2.22 bits per heavy atom. The van der Waals surface area contributed by atoms with E-state index >= 15 is 0 Å². The van der Waals surface area contributed by atoms with Crippen LogP contribution in [0.5, 0.6) is 0 Å². The number of benzene rings is 1. The van der Waals surface area contributed by atoms with Gasteiger partial charge in [-0.25, -0.2) is 9.37 Å². The minimum atomic E-state index is -0.359. The molecular formula is C17H21FN2O3. The number of rotatable bonds is 7. The van der Waals surface area contributed by atoms with Crippen molar-refractivity contribution in [3.05, 3.63) is 41.5 Å². The van der Waals surface area contributed by atoms with Gasteiger partial charge in [0.15, 0.2) is 0 Å². The first-order chi connectivity index (χ1) is 11.0. The first-order valence-corrected chi connectivity index (χ1v) is 7.56. The highest BCUT2D eigenvalue weighted by molar-refractivity contribution is 5.78. The summed E-state index contributed by atoms with van der Waals surface area (Å²) in [6.07, 6.45) is 0.255. The summed E-state index contributed by atoms with van der Waals surface area (Å²) < 4.78 is 24.1. The zero-order valence-corrected chi connectivity index (χ0v) is 13.6. The van der Waals surface area contributed by atoms with Gasteiger partial charge in [-0.1, -0.05) is 6.07 Å². The van der Waals surface area contributed by atoms with E-state index in [0.29, 0.717) is 36.1 Å². The molecule has 0 aliphatic carbocycles. The third-order valence-corrected chi connectivity index (χ3v) is 3.17. The molecule has 2 rings (SSSR count). The summed E-state index contributed by atoms with van der Waals surface area (Å²) in [5.74, 6) is 0.355. The predicted molar refractivity (Wildman–Crippen MR) is 84.4 cm³/mol. The Balaban J connectivity index is 1.95. The lowest BCUT2D eigenvalue weighted by Crippen LogP contribution is -2.29. The molecule has 0 atom stereocenters. The molecule has 2 aromatic rings. The number of aromatic nitrogens is 1. The zero-order valence-electron chi connectivity index (χ0n) is 13.6. The summed E-state index contributed by atoms with van der Waals surface area (Å²) in [6.45, 7) is 6.53. The highest BCUT2D eigenvalue weighted by atomic mass is 19.1. The number of hydrogen-bond donors (Lipinski definition) is 1. The first kappa shape index (κ1) is 17.1. The lowest BCUT2D eigenvalue weighted by Gasteiger charge is -2.08. The van der Waals surface area contributed by atoms with Gasteiger partial charge in [-0.15, -0.1) is 0 Å². The van der Waals surface area contributed by atoms with Gasteiger partial charge >= 0.3 is 0 Å². The Hall–Kier alpha value is -2.21. The molecule has 5 nitrogen and oxygen atoms in total. The summed E-state index contributed by atoms with van der Waals surface area (Å²) in [4.78, 5) is 16.2. The number of nitrogens with zero attached hydrogens (tertiary/aromatic N) is 1. The van der Waals surface area contributed by atoms with Gasteiger partial charge in [0.25, 0.3) is 0 Å². The van der Waals surface area contributed by atoms with Crippen molar-refractivity contribution in [3.63, 3.8) is 0 Å². The van der Waals surface area contributed by atoms with Crippen LogP contribution in [0.2, 0.25) is 0 Å². The van der Waals surface area contributed by atoms with Gasteiger partial charge in [0.1, 0.15) is 11.6 Å². The van der Waals surface area contributed by atoms with Crippen molar-refractivity contribution in [2.24, 2.45) is 0 Å². The molecule has 6 heteroatoms. The number of carbonyl (C=O) groups excluding carboxylic acids is 1. The molecule has 0 bridgehead atoms. The largest absolute Gasteiger partial charge is 0.441 e.